The number of aromatic amines is 2. The molecule has 1 aliphatic rings. The van der Waals surface area contributed by atoms with Gasteiger partial charge < -0.3 is 19.8 Å². The van der Waals surface area contributed by atoms with E-state index in [1.807, 2.05) is 18.2 Å². The number of amides is 1. The van der Waals surface area contributed by atoms with Gasteiger partial charge in [0.1, 0.15) is 5.82 Å². The average molecular weight is 340 g/mol. The SMILES string of the molecule is O=C(c1ccc(F)cc1)N1CCN(c2ccc3[nH]c(=O)[nH]c3c2)CC1. The molecule has 25 heavy (non-hydrogen) atoms. The van der Waals surface area contributed by atoms with Crippen molar-refractivity contribution in [3.05, 3.63) is 64.3 Å². The molecule has 1 fully saturated rings. The summed E-state index contributed by atoms with van der Waals surface area (Å²) in [4.78, 5) is 33.3. The van der Waals surface area contributed by atoms with Gasteiger partial charge in [0.25, 0.3) is 5.91 Å². The molecule has 0 radical (unpaired) electrons. The Bertz CT molecular complexity index is 969. The van der Waals surface area contributed by atoms with Crippen LogP contribution in [0.5, 0.6) is 0 Å². The van der Waals surface area contributed by atoms with E-state index >= 15 is 0 Å². The highest BCUT2D eigenvalue weighted by molar-refractivity contribution is 5.94. The first-order valence-corrected chi connectivity index (χ1v) is 8.12. The molecule has 128 valence electrons. The van der Waals surface area contributed by atoms with Crippen molar-refractivity contribution in [1.82, 2.24) is 14.9 Å². The zero-order valence-electron chi connectivity index (χ0n) is 13.5. The maximum Gasteiger partial charge on any atom is 0.323 e. The highest BCUT2D eigenvalue weighted by atomic mass is 19.1. The zero-order valence-corrected chi connectivity index (χ0v) is 13.5. The molecule has 7 heteroatoms. The molecule has 0 aliphatic carbocycles. The third-order valence-electron chi connectivity index (χ3n) is 4.52. The Kier molecular flexibility index (Phi) is 3.76. The number of carbonyl (C=O) groups is 1. The molecule has 4 rings (SSSR count). The highest BCUT2D eigenvalue weighted by Gasteiger charge is 2.22. The van der Waals surface area contributed by atoms with Crippen molar-refractivity contribution >= 4 is 22.6 Å². The maximum atomic E-state index is 13.0. The van der Waals surface area contributed by atoms with Gasteiger partial charge in [0.05, 0.1) is 11.0 Å². The van der Waals surface area contributed by atoms with Crippen LogP contribution in [0.3, 0.4) is 0 Å². The lowest BCUT2D eigenvalue weighted by molar-refractivity contribution is 0.0746. The van der Waals surface area contributed by atoms with Crippen LogP contribution in [0, 0.1) is 5.82 Å². The third-order valence-corrected chi connectivity index (χ3v) is 4.52. The molecule has 1 saturated heterocycles. The second kappa shape index (κ2) is 6.08. The minimum Gasteiger partial charge on any atom is -0.368 e. The van der Waals surface area contributed by atoms with Crippen LogP contribution in [0.25, 0.3) is 11.0 Å². The first-order valence-electron chi connectivity index (χ1n) is 8.12. The van der Waals surface area contributed by atoms with E-state index in [1.165, 1.54) is 24.3 Å². The molecule has 0 saturated carbocycles. The number of nitrogens with zero attached hydrogens (tertiary/aromatic N) is 2. The monoisotopic (exact) mass is 340 g/mol. The number of carbonyl (C=O) groups excluding carboxylic acids is 1. The maximum absolute atomic E-state index is 13.0. The van der Waals surface area contributed by atoms with Crippen LogP contribution in [0.15, 0.2) is 47.3 Å². The van der Waals surface area contributed by atoms with Gasteiger partial charge in [0.15, 0.2) is 0 Å². The lowest BCUT2D eigenvalue weighted by Crippen LogP contribution is -2.48. The summed E-state index contributed by atoms with van der Waals surface area (Å²) in [6.45, 7) is 2.59. The fourth-order valence-corrected chi connectivity index (χ4v) is 3.16. The molecule has 6 nitrogen and oxygen atoms in total. The molecular formula is C18H17FN4O2. The van der Waals surface area contributed by atoms with E-state index in [4.69, 9.17) is 0 Å². The van der Waals surface area contributed by atoms with E-state index < -0.39 is 0 Å². The Labute approximate surface area is 142 Å². The van der Waals surface area contributed by atoms with Crippen molar-refractivity contribution in [2.45, 2.75) is 0 Å². The molecule has 0 bridgehead atoms. The number of anilines is 1. The molecule has 3 aromatic rings. The van der Waals surface area contributed by atoms with Crippen LogP contribution >= 0.6 is 0 Å². The van der Waals surface area contributed by atoms with Crippen LogP contribution < -0.4 is 10.6 Å². The predicted octanol–water partition coefficient (Wildman–Crippen LogP) is 1.96. The van der Waals surface area contributed by atoms with Crippen molar-refractivity contribution in [3.63, 3.8) is 0 Å². The minimum atomic E-state index is -0.348. The molecule has 2 N–H and O–H groups in total. The summed E-state index contributed by atoms with van der Waals surface area (Å²) in [5.74, 6) is -0.426. The number of piperazine rings is 1. The van der Waals surface area contributed by atoms with E-state index in [-0.39, 0.29) is 17.4 Å². The van der Waals surface area contributed by atoms with Crippen molar-refractivity contribution in [1.29, 1.82) is 0 Å². The summed E-state index contributed by atoms with van der Waals surface area (Å²) in [5.41, 5.74) is 2.84. The van der Waals surface area contributed by atoms with Crippen LogP contribution in [0.1, 0.15) is 10.4 Å². The number of imidazole rings is 1. The summed E-state index contributed by atoms with van der Waals surface area (Å²) in [6.07, 6.45) is 0. The van der Waals surface area contributed by atoms with Gasteiger partial charge in [-0.25, -0.2) is 9.18 Å². The van der Waals surface area contributed by atoms with Crippen molar-refractivity contribution in [2.24, 2.45) is 0 Å². The number of aromatic nitrogens is 2. The summed E-state index contributed by atoms with van der Waals surface area (Å²) < 4.78 is 13.0. The fraction of sp³-hybridized carbons (Fsp3) is 0.222. The van der Waals surface area contributed by atoms with Gasteiger partial charge in [-0.15, -0.1) is 0 Å². The summed E-state index contributed by atoms with van der Waals surface area (Å²) in [7, 11) is 0. The van der Waals surface area contributed by atoms with Gasteiger partial charge in [-0.1, -0.05) is 0 Å². The second-order valence-electron chi connectivity index (χ2n) is 6.10. The normalized spacial score (nSPS) is 14.9. The molecule has 2 heterocycles. The number of halogens is 1. The largest absolute Gasteiger partial charge is 0.368 e. The molecule has 0 spiro atoms. The number of rotatable bonds is 2. The Morgan fingerprint density at radius 2 is 1.60 bits per heavy atom. The van der Waals surface area contributed by atoms with Gasteiger partial charge in [0, 0.05) is 37.4 Å². The molecule has 1 aliphatic heterocycles. The van der Waals surface area contributed by atoms with E-state index in [0.29, 0.717) is 31.7 Å². The highest BCUT2D eigenvalue weighted by Crippen LogP contribution is 2.21. The predicted molar refractivity (Wildman–Crippen MR) is 93.4 cm³/mol. The van der Waals surface area contributed by atoms with Crippen molar-refractivity contribution in [2.75, 3.05) is 31.1 Å². The van der Waals surface area contributed by atoms with Crippen molar-refractivity contribution in [3.8, 4) is 0 Å². The first kappa shape index (κ1) is 15.4. The van der Waals surface area contributed by atoms with E-state index in [0.717, 1.165) is 16.7 Å². The summed E-state index contributed by atoms with van der Waals surface area (Å²) in [6, 6.07) is 11.4. The Balaban J connectivity index is 1.45. The number of nitrogens with one attached hydrogen (secondary N) is 2. The number of hydrogen-bond acceptors (Lipinski definition) is 3. The average Bonchev–Trinajstić information content (AvgIpc) is 3.01. The quantitative estimate of drug-likeness (QED) is 0.749. The Morgan fingerprint density at radius 3 is 2.32 bits per heavy atom. The van der Waals surface area contributed by atoms with Gasteiger partial charge in [-0.2, -0.15) is 0 Å². The van der Waals surface area contributed by atoms with E-state index in [1.54, 1.807) is 4.90 Å². The van der Waals surface area contributed by atoms with Crippen LogP contribution in [-0.2, 0) is 0 Å². The number of benzene rings is 2. The standard InChI is InChI=1S/C18H17FN4O2/c19-13-3-1-12(2-4-13)17(24)23-9-7-22(8-10-23)14-5-6-15-16(11-14)21-18(25)20-15/h1-6,11H,7-10H2,(H2,20,21,25). The second-order valence-corrected chi connectivity index (χ2v) is 6.10. The summed E-state index contributed by atoms with van der Waals surface area (Å²) >= 11 is 0. The van der Waals surface area contributed by atoms with Crippen LogP contribution in [-0.4, -0.2) is 47.0 Å². The topological polar surface area (TPSA) is 72.2 Å². The first-order chi connectivity index (χ1) is 12.1. The van der Waals surface area contributed by atoms with Gasteiger partial charge in [-0.05, 0) is 42.5 Å². The number of hydrogen-bond donors (Lipinski definition) is 2. The van der Waals surface area contributed by atoms with E-state index in [2.05, 4.69) is 14.9 Å². The lowest BCUT2D eigenvalue weighted by atomic mass is 10.1. The molecular weight excluding hydrogens is 323 g/mol. The minimum absolute atomic E-state index is 0.0786. The Morgan fingerprint density at radius 1 is 0.920 bits per heavy atom. The van der Waals surface area contributed by atoms with Gasteiger partial charge in [0.2, 0.25) is 0 Å². The molecule has 0 unspecified atom stereocenters. The zero-order chi connectivity index (χ0) is 17.4. The Hall–Kier alpha value is -3.09. The van der Waals surface area contributed by atoms with E-state index in [9.17, 15) is 14.0 Å². The van der Waals surface area contributed by atoms with Crippen molar-refractivity contribution < 1.29 is 9.18 Å². The van der Waals surface area contributed by atoms with Crippen LogP contribution in [0.2, 0.25) is 0 Å². The van der Waals surface area contributed by atoms with Gasteiger partial charge in [-0.3, -0.25) is 4.79 Å². The molecule has 0 atom stereocenters. The number of H-pyrrole nitrogens is 2. The fourth-order valence-electron chi connectivity index (χ4n) is 3.16. The molecule has 1 amide bonds. The smallest absolute Gasteiger partial charge is 0.323 e. The number of fused-ring (bicyclic) bond motifs is 1. The lowest BCUT2D eigenvalue weighted by Gasteiger charge is -2.36. The van der Waals surface area contributed by atoms with Gasteiger partial charge >= 0.3 is 5.69 Å². The molecule has 2 aromatic carbocycles. The molecule has 1 aromatic heterocycles. The van der Waals surface area contributed by atoms with Crippen LogP contribution in [0.4, 0.5) is 10.1 Å². The summed E-state index contributed by atoms with van der Waals surface area (Å²) in [5, 5.41) is 0. The third kappa shape index (κ3) is 3.00.